The van der Waals surface area contributed by atoms with Gasteiger partial charge in [-0.15, -0.1) is 10.2 Å². The van der Waals surface area contributed by atoms with Gasteiger partial charge in [-0.1, -0.05) is 0 Å². The molecule has 1 saturated heterocycles. The van der Waals surface area contributed by atoms with Crippen LogP contribution in [0, 0.1) is 6.92 Å². The van der Waals surface area contributed by atoms with Gasteiger partial charge in [0.2, 0.25) is 5.95 Å². The number of likely N-dealkylation sites (N-methyl/N-ethyl adjacent to an activating group) is 1. The summed E-state index contributed by atoms with van der Waals surface area (Å²) in [6.45, 7) is 4.23. The number of aryl methyl sites for hydroxylation is 1. The van der Waals surface area contributed by atoms with E-state index in [1.165, 1.54) is 0 Å². The van der Waals surface area contributed by atoms with Crippen LogP contribution in [0.2, 0.25) is 0 Å². The van der Waals surface area contributed by atoms with Crippen LogP contribution in [-0.4, -0.2) is 67.0 Å². The number of fused-ring (bicyclic) bond motifs is 1. The van der Waals surface area contributed by atoms with E-state index in [-0.39, 0.29) is 11.9 Å². The van der Waals surface area contributed by atoms with Crippen molar-refractivity contribution in [1.82, 2.24) is 34.4 Å². The van der Waals surface area contributed by atoms with Gasteiger partial charge in [-0.2, -0.15) is 0 Å². The fraction of sp³-hybridized carbons (Fsp3) is 0.273. The first-order valence-corrected chi connectivity index (χ1v) is 10.4. The molecule has 5 heterocycles. The Morgan fingerprint density at radius 3 is 2.69 bits per heavy atom. The molecule has 0 aliphatic carbocycles. The van der Waals surface area contributed by atoms with Crippen LogP contribution in [0.15, 0.2) is 55.1 Å². The van der Waals surface area contributed by atoms with Crippen molar-refractivity contribution in [2.75, 3.05) is 36.9 Å². The van der Waals surface area contributed by atoms with Crippen LogP contribution in [0.25, 0.3) is 5.65 Å². The largest absolute Gasteiger partial charge is 0.338 e. The molecule has 1 amide bonds. The van der Waals surface area contributed by atoms with Gasteiger partial charge in [0.25, 0.3) is 5.91 Å². The minimum Gasteiger partial charge on any atom is -0.338 e. The van der Waals surface area contributed by atoms with E-state index < -0.39 is 0 Å². The van der Waals surface area contributed by atoms with Crippen molar-refractivity contribution < 1.29 is 4.79 Å². The van der Waals surface area contributed by atoms with Gasteiger partial charge in [-0.25, -0.2) is 9.97 Å². The van der Waals surface area contributed by atoms with E-state index in [9.17, 15) is 4.79 Å². The van der Waals surface area contributed by atoms with E-state index in [1.54, 1.807) is 36.9 Å². The molecule has 4 aromatic heterocycles. The number of anilines is 2. The van der Waals surface area contributed by atoms with Gasteiger partial charge < -0.3 is 10.2 Å². The molecular formula is C22H23N9O. The highest BCUT2D eigenvalue weighted by molar-refractivity contribution is 6.04. The number of aromatic nitrogens is 6. The van der Waals surface area contributed by atoms with Crippen LogP contribution in [-0.2, 0) is 0 Å². The number of rotatable bonds is 4. The van der Waals surface area contributed by atoms with Crippen LogP contribution >= 0.6 is 0 Å². The first-order chi connectivity index (χ1) is 15.6. The Morgan fingerprint density at radius 1 is 1.06 bits per heavy atom. The fourth-order valence-corrected chi connectivity index (χ4v) is 3.80. The lowest BCUT2D eigenvalue weighted by Crippen LogP contribution is -2.47. The first-order valence-electron chi connectivity index (χ1n) is 10.4. The van der Waals surface area contributed by atoms with Gasteiger partial charge in [0, 0.05) is 43.9 Å². The van der Waals surface area contributed by atoms with Crippen LogP contribution in [0.5, 0.6) is 0 Å². The Labute approximate surface area is 185 Å². The first kappa shape index (κ1) is 20.0. The molecule has 1 fully saturated rings. The highest BCUT2D eigenvalue weighted by Gasteiger charge is 2.30. The monoisotopic (exact) mass is 429 g/mol. The number of carbonyl (C=O) groups is 1. The summed E-state index contributed by atoms with van der Waals surface area (Å²) < 4.78 is 1.89. The second kappa shape index (κ2) is 8.31. The molecule has 0 spiro atoms. The van der Waals surface area contributed by atoms with Crippen molar-refractivity contribution in [2.24, 2.45) is 0 Å². The van der Waals surface area contributed by atoms with Crippen LogP contribution in [0.1, 0.15) is 27.9 Å². The van der Waals surface area contributed by atoms with E-state index in [0.29, 0.717) is 29.4 Å². The molecule has 1 atom stereocenters. The normalized spacial score (nSPS) is 16.9. The predicted octanol–water partition coefficient (Wildman–Crippen LogP) is 1.97. The zero-order chi connectivity index (χ0) is 22.1. The van der Waals surface area contributed by atoms with E-state index >= 15 is 0 Å². The molecule has 162 valence electrons. The Morgan fingerprint density at radius 2 is 1.91 bits per heavy atom. The maximum atomic E-state index is 12.8. The molecule has 1 aliphatic heterocycles. The van der Waals surface area contributed by atoms with E-state index in [4.69, 9.17) is 0 Å². The van der Waals surface area contributed by atoms with Crippen LogP contribution in [0.3, 0.4) is 0 Å². The number of hydrogen-bond acceptors (Lipinski definition) is 8. The summed E-state index contributed by atoms with van der Waals surface area (Å²) in [5.74, 6) is 1.26. The molecule has 1 unspecified atom stereocenters. The highest BCUT2D eigenvalue weighted by Crippen LogP contribution is 2.25. The Balaban J connectivity index is 1.42. The summed E-state index contributed by atoms with van der Waals surface area (Å²) in [5, 5.41) is 11.7. The maximum absolute atomic E-state index is 12.8. The summed E-state index contributed by atoms with van der Waals surface area (Å²) in [6.07, 6.45) is 6.92. The Kier molecular flexibility index (Phi) is 5.20. The van der Waals surface area contributed by atoms with Gasteiger partial charge in [-0.05, 0) is 44.3 Å². The zero-order valence-electron chi connectivity index (χ0n) is 17.9. The summed E-state index contributed by atoms with van der Waals surface area (Å²) in [7, 11) is 2.07. The number of hydrogen-bond donors (Lipinski definition) is 1. The van der Waals surface area contributed by atoms with Crippen molar-refractivity contribution in [3.63, 3.8) is 0 Å². The maximum Gasteiger partial charge on any atom is 0.257 e. The van der Waals surface area contributed by atoms with E-state index in [2.05, 4.69) is 47.3 Å². The minimum atomic E-state index is -0.214. The minimum absolute atomic E-state index is 0.0258. The second-order valence-electron chi connectivity index (χ2n) is 7.84. The van der Waals surface area contributed by atoms with Crippen molar-refractivity contribution in [3.05, 3.63) is 72.2 Å². The molecule has 1 aliphatic rings. The lowest BCUT2D eigenvalue weighted by Gasteiger charge is -2.38. The van der Waals surface area contributed by atoms with Crippen LogP contribution < -0.4 is 10.2 Å². The quantitative estimate of drug-likeness (QED) is 0.525. The SMILES string of the molecule is Cc1ccc(NC(=O)c2ccc3nnc(C4CN(c5ncccn5)CCN4C)n3c2)cn1. The summed E-state index contributed by atoms with van der Waals surface area (Å²) in [5.41, 5.74) is 2.75. The molecule has 0 radical (unpaired) electrons. The lowest BCUT2D eigenvalue weighted by atomic mass is 10.1. The van der Waals surface area contributed by atoms with Gasteiger partial charge in [-0.3, -0.25) is 19.1 Å². The van der Waals surface area contributed by atoms with Crippen molar-refractivity contribution in [1.29, 1.82) is 0 Å². The van der Waals surface area contributed by atoms with Gasteiger partial charge in [0.1, 0.15) is 0 Å². The van der Waals surface area contributed by atoms with Crippen molar-refractivity contribution in [3.8, 4) is 0 Å². The zero-order valence-corrected chi connectivity index (χ0v) is 17.9. The smallest absolute Gasteiger partial charge is 0.257 e. The number of nitrogens with zero attached hydrogens (tertiary/aromatic N) is 8. The number of amides is 1. The summed E-state index contributed by atoms with van der Waals surface area (Å²) in [6, 6.07) is 9.03. The van der Waals surface area contributed by atoms with E-state index in [1.807, 2.05) is 29.5 Å². The topological polar surface area (TPSA) is 104 Å². The third kappa shape index (κ3) is 3.87. The molecule has 32 heavy (non-hydrogen) atoms. The molecule has 10 heteroatoms. The number of pyridine rings is 2. The van der Waals surface area contributed by atoms with Gasteiger partial charge >= 0.3 is 0 Å². The molecular weight excluding hydrogens is 406 g/mol. The molecule has 0 saturated carbocycles. The predicted molar refractivity (Wildman–Crippen MR) is 120 cm³/mol. The third-order valence-electron chi connectivity index (χ3n) is 5.64. The Hall–Kier alpha value is -3.92. The second-order valence-corrected chi connectivity index (χ2v) is 7.84. The molecule has 4 aromatic rings. The summed E-state index contributed by atoms with van der Waals surface area (Å²) >= 11 is 0. The lowest BCUT2D eigenvalue weighted by molar-refractivity contribution is 0.102. The number of nitrogens with one attached hydrogen (secondary N) is 1. The van der Waals surface area contributed by atoms with Gasteiger partial charge in [0.15, 0.2) is 11.5 Å². The van der Waals surface area contributed by atoms with Crippen molar-refractivity contribution >= 4 is 23.2 Å². The Bertz CT molecular complexity index is 1240. The third-order valence-corrected chi connectivity index (χ3v) is 5.64. The average Bonchev–Trinajstić information content (AvgIpc) is 3.24. The average molecular weight is 429 g/mol. The number of piperazine rings is 1. The van der Waals surface area contributed by atoms with E-state index in [0.717, 1.165) is 24.6 Å². The van der Waals surface area contributed by atoms with Crippen molar-refractivity contribution in [2.45, 2.75) is 13.0 Å². The molecule has 10 nitrogen and oxygen atoms in total. The molecule has 1 N–H and O–H groups in total. The molecule has 5 rings (SSSR count). The highest BCUT2D eigenvalue weighted by atomic mass is 16.1. The fourth-order valence-electron chi connectivity index (χ4n) is 3.80. The standard InChI is InChI=1S/C22H23N9O/c1-15-4-6-17(12-25-15)26-21(32)16-5-7-19-27-28-20(31(19)13-16)18-14-30(11-10-29(18)2)22-23-8-3-9-24-22/h3-9,12-13,18H,10-11,14H2,1-2H3,(H,26,32). The van der Waals surface area contributed by atoms with Gasteiger partial charge in [0.05, 0.1) is 23.5 Å². The summed E-state index contributed by atoms with van der Waals surface area (Å²) in [4.78, 5) is 30.2. The number of carbonyl (C=O) groups excluding carboxylic acids is 1. The molecule has 0 aromatic carbocycles. The van der Waals surface area contributed by atoms with Crippen LogP contribution in [0.4, 0.5) is 11.6 Å². The molecule has 0 bridgehead atoms.